The number of nitriles is 1. The molecule has 5 heteroatoms. The second-order valence-electron chi connectivity index (χ2n) is 3.87. The van der Waals surface area contributed by atoms with E-state index in [2.05, 4.69) is 13.0 Å². The average Bonchev–Trinajstić information content (AvgIpc) is 2.29. The molecular formula is C12H24NO3P. The van der Waals surface area contributed by atoms with E-state index < -0.39 is 7.60 Å². The maximum absolute atomic E-state index is 12.6. The van der Waals surface area contributed by atoms with Crippen LogP contribution in [-0.4, -0.2) is 18.9 Å². The highest BCUT2D eigenvalue weighted by molar-refractivity contribution is 7.54. The van der Waals surface area contributed by atoms with Crippen LogP contribution in [0.3, 0.4) is 0 Å². The van der Waals surface area contributed by atoms with Gasteiger partial charge < -0.3 is 9.05 Å². The average molecular weight is 261 g/mol. The summed E-state index contributed by atoms with van der Waals surface area (Å²) in [6.45, 7) is 6.48. The summed E-state index contributed by atoms with van der Waals surface area (Å²) in [5.74, 6) is 0. The van der Waals surface area contributed by atoms with Crippen LogP contribution in [0.5, 0.6) is 0 Å². The third-order valence-electron chi connectivity index (χ3n) is 2.55. The van der Waals surface area contributed by atoms with Gasteiger partial charge in [0.25, 0.3) is 0 Å². The zero-order chi connectivity index (χ0) is 13.1. The van der Waals surface area contributed by atoms with Gasteiger partial charge in [0.2, 0.25) is 0 Å². The van der Waals surface area contributed by atoms with Gasteiger partial charge in [-0.2, -0.15) is 5.26 Å². The van der Waals surface area contributed by atoms with Crippen molar-refractivity contribution in [3.63, 3.8) is 0 Å². The molecule has 4 nitrogen and oxygen atoms in total. The summed E-state index contributed by atoms with van der Waals surface area (Å²) in [5, 5.41) is 8.64. The van der Waals surface area contributed by atoms with Crippen LogP contribution in [0.4, 0.5) is 0 Å². The summed E-state index contributed by atoms with van der Waals surface area (Å²) in [4.78, 5) is 0. The van der Waals surface area contributed by atoms with Crippen molar-refractivity contribution in [3.05, 3.63) is 0 Å². The molecule has 0 saturated carbocycles. The molecule has 1 atom stereocenters. The highest BCUT2D eigenvalue weighted by Gasteiger charge is 2.34. The first-order valence-corrected chi connectivity index (χ1v) is 8.01. The van der Waals surface area contributed by atoms with E-state index in [1.807, 2.05) is 13.8 Å². The molecule has 0 aromatic carbocycles. The standard InChI is InChI=1S/C12H24NO3P/c1-4-7-9-12(10-8-11-13)17(14,15-5-2)16-6-3/h12H,4-10H2,1-3H3/t12-/m0/s1. The molecule has 0 radical (unpaired) electrons. The van der Waals surface area contributed by atoms with Crippen molar-refractivity contribution in [2.45, 2.75) is 58.5 Å². The summed E-state index contributed by atoms with van der Waals surface area (Å²) in [6, 6.07) is 2.10. The first-order chi connectivity index (χ1) is 8.14. The second-order valence-corrected chi connectivity index (χ2v) is 6.19. The highest BCUT2D eigenvalue weighted by Crippen LogP contribution is 2.56. The molecule has 0 unspecified atom stereocenters. The maximum Gasteiger partial charge on any atom is 0.333 e. The molecule has 0 aliphatic carbocycles. The third kappa shape index (κ3) is 6.21. The van der Waals surface area contributed by atoms with Crippen molar-refractivity contribution in [1.29, 1.82) is 5.26 Å². The van der Waals surface area contributed by atoms with E-state index in [9.17, 15) is 4.57 Å². The third-order valence-corrected chi connectivity index (χ3v) is 5.19. The summed E-state index contributed by atoms with van der Waals surface area (Å²) in [7, 11) is -3.04. The molecule has 0 aliphatic heterocycles. The van der Waals surface area contributed by atoms with Gasteiger partial charge in [0.05, 0.1) is 24.9 Å². The van der Waals surface area contributed by atoms with Crippen LogP contribution < -0.4 is 0 Å². The van der Waals surface area contributed by atoms with Crippen LogP contribution >= 0.6 is 7.60 Å². The lowest BCUT2D eigenvalue weighted by Crippen LogP contribution is -2.13. The summed E-state index contributed by atoms with van der Waals surface area (Å²) in [6.07, 6.45) is 3.82. The van der Waals surface area contributed by atoms with Crippen LogP contribution in [0.15, 0.2) is 0 Å². The highest BCUT2D eigenvalue weighted by atomic mass is 31.2. The van der Waals surface area contributed by atoms with Crippen molar-refractivity contribution in [2.75, 3.05) is 13.2 Å². The van der Waals surface area contributed by atoms with Crippen molar-refractivity contribution >= 4 is 7.60 Å². The van der Waals surface area contributed by atoms with Gasteiger partial charge in [0.1, 0.15) is 0 Å². The predicted molar refractivity (Wildman–Crippen MR) is 69.0 cm³/mol. The van der Waals surface area contributed by atoms with Gasteiger partial charge in [-0.25, -0.2) is 0 Å². The molecule has 0 N–H and O–H groups in total. The van der Waals surface area contributed by atoms with Crippen molar-refractivity contribution in [1.82, 2.24) is 0 Å². The molecule has 0 amide bonds. The first-order valence-electron chi connectivity index (χ1n) is 6.40. The van der Waals surface area contributed by atoms with Crippen LogP contribution in [0, 0.1) is 11.3 Å². The monoisotopic (exact) mass is 261 g/mol. The van der Waals surface area contributed by atoms with E-state index >= 15 is 0 Å². The quantitative estimate of drug-likeness (QED) is 0.555. The maximum atomic E-state index is 12.6. The summed E-state index contributed by atoms with van der Waals surface area (Å²) < 4.78 is 23.3. The van der Waals surface area contributed by atoms with Crippen LogP contribution in [0.1, 0.15) is 52.9 Å². The van der Waals surface area contributed by atoms with E-state index in [-0.39, 0.29) is 5.66 Å². The molecule has 17 heavy (non-hydrogen) atoms. The lowest BCUT2D eigenvalue weighted by Gasteiger charge is -2.25. The fourth-order valence-corrected chi connectivity index (χ4v) is 3.90. The van der Waals surface area contributed by atoms with E-state index in [0.29, 0.717) is 26.1 Å². The molecule has 100 valence electrons. The fourth-order valence-electron chi connectivity index (χ4n) is 1.74. The molecule has 0 saturated heterocycles. The van der Waals surface area contributed by atoms with Gasteiger partial charge >= 0.3 is 7.60 Å². The molecule has 0 heterocycles. The molecule has 0 bridgehead atoms. The molecular weight excluding hydrogens is 237 g/mol. The normalized spacial score (nSPS) is 13.3. The van der Waals surface area contributed by atoms with Crippen LogP contribution in [0.2, 0.25) is 0 Å². The Morgan fingerprint density at radius 1 is 1.18 bits per heavy atom. The summed E-state index contributed by atoms with van der Waals surface area (Å²) in [5.41, 5.74) is -0.137. The fraction of sp³-hybridized carbons (Fsp3) is 0.917. The van der Waals surface area contributed by atoms with Crippen LogP contribution in [0.25, 0.3) is 0 Å². The van der Waals surface area contributed by atoms with E-state index in [4.69, 9.17) is 14.3 Å². The number of hydrogen-bond donors (Lipinski definition) is 0. The molecule has 0 aromatic rings. The van der Waals surface area contributed by atoms with E-state index in [1.54, 1.807) is 0 Å². The molecule has 0 rings (SSSR count). The lowest BCUT2D eigenvalue weighted by molar-refractivity contribution is 0.209. The molecule has 0 aromatic heterocycles. The Morgan fingerprint density at radius 3 is 2.18 bits per heavy atom. The Labute approximate surface area is 105 Å². The minimum Gasteiger partial charge on any atom is -0.309 e. The van der Waals surface area contributed by atoms with Crippen LogP contribution in [-0.2, 0) is 13.6 Å². The summed E-state index contributed by atoms with van der Waals surface area (Å²) >= 11 is 0. The van der Waals surface area contributed by atoms with Gasteiger partial charge in [-0.3, -0.25) is 4.57 Å². The number of hydrogen-bond acceptors (Lipinski definition) is 4. The second kappa shape index (κ2) is 9.65. The van der Waals surface area contributed by atoms with Crippen molar-refractivity contribution in [2.24, 2.45) is 0 Å². The van der Waals surface area contributed by atoms with Gasteiger partial charge in [0, 0.05) is 6.42 Å². The number of unbranched alkanes of at least 4 members (excludes halogenated alkanes) is 1. The van der Waals surface area contributed by atoms with Gasteiger partial charge in [-0.05, 0) is 26.7 Å². The zero-order valence-corrected chi connectivity index (χ0v) is 12.0. The van der Waals surface area contributed by atoms with Gasteiger partial charge in [0.15, 0.2) is 0 Å². The predicted octanol–water partition coefficient (Wildman–Crippen LogP) is 4.12. The SMILES string of the molecule is CCCC[C@@H](CCC#N)P(=O)(OCC)OCC. The van der Waals surface area contributed by atoms with Gasteiger partial charge in [-0.1, -0.05) is 19.8 Å². The van der Waals surface area contributed by atoms with Crippen molar-refractivity contribution in [3.8, 4) is 6.07 Å². The van der Waals surface area contributed by atoms with Gasteiger partial charge in [-0.15, -0.1) is 0 Å². The number of rotatable bonds is 10. The van der Waals surface area contributed by atoms with Crippen molar-refractivity contribution < 1.29 is 13.6 Å². The Kier molecular flexibility index (Phi) is 9.44. The van der Waals surface area contributed by atoms with E-state index in [0.717, 1.165) is 19.3 Å². The minimum absolute atomic E-state index is 0.137. The minimum atomic E-state index is -3.04. The lowest BCUT2D eigenvalue weighted by atomic mass is 10.1. The molecule has 0 aliphatic rings. The first kappa shape index (κ1) is 16.6. The number of nitrogens with zero attached hydrogens (tertiary/aromatic N) is 1. The molecule has 0 fully saturated rings. The Hall–Kier alpha value is -0.360. The van der Waals surface area contributed by atoms with E-state index in [1.165, 1.54) is 0 Å². The smallest absolute Gasteiger partial charge is 0.309 e. The Balaban J connectivity index is 4.66. The topological polar surface area (TPSA) is 59.3 Å². The Bertz CT molecular complexity index is 265. The molecule has 0 spiro atoms. The largest absolute Gasteiger partial charge is 0.333 e. The Morgan fingerprint density at radius 2 is 1.76 bits per heavy atom. The zero-order valence-electron chi connectivity index (χ0n) is 11.1.